The SMILES string of the molecule is O=C(NN=C1CCCCCC1)C(=O)Nc1ccccc1Br. The molecule has 2 rings (SSSR count). The van der Waals surface area contributed by atoms with Crippen LogP contribution in [0.25, 0.3) is 0 Å². The topological polar surface area (TPSA) is 70.6 Å². The van der Waals surface area contributed by atoms with Crippen molar-refractivity contribution < 1.29 is 9.59 Å². The number of halogens is 1. The van der Waals surface area contributed by atoms with Crippen molar-refractivity contribution >= 4 is 39.1 Å². The molecule has 1 aromatic rings. The number of hydrazone groups is 1. The predicted molar refractivity (Wildman–Crippen MR) is 86.1 cm³/mol. The Kier molecular flexibility index (Phi) is 5.92. The Labute approximate surface area is 132 Å². The van der Waals surface area contributed by atoms with Gasteiger partial charge in [-0.3, -0.25) is 9.59 Å². The van der Waals surface area contributed by atoms with Gasteiger partial charge in [-0.05, 0) is 53.7 Å². The van der Waals surface area contributed by atoms with Gasteiger partial charge in [0.25, 0.3) is 0 Å². The van der Waals surface area contributed by atoms with Crippen LogP contribution in [0.3, 0.4) is 0 Å². The Bertz CT molecular complexity index is 548. The van der Waals surface area contributed by atoms with Gasteiger partial charge in [-0.1, -0.05) is 25.0 Å². The molecule has 1 fully saturated rings. The minimum atomic E-state index is -0.748. The van der Waals surface area contributed by atoms with Crippen molar-refractivity contribution in [2.45, 2.75) is 38.5 Å². The van der Waals surface area contributed by atoms with E-state index < -0.39 is 11.8 Å². The summed E-state index contributed by atoms with van der Waals surface area (Å²) < 4.78 is 0.723. The molecule has 2 amide bonds. The maximum absolute atomic E-state index is 11.8. The van der Waals surface area contributed by atoms with Gasteiger partial charge in [0, 0.05) is 10.2 Å². The van der Waals surface area contributed by atoms with Gasteiger partial charge in [-0.2, -0.15) is 5.10 Å². The first-order valence-electron chi connectivity index (χ1n) is 7.08. The van der Waals surface area contributed by atoms with E-state index in [0.717, 1.165) is 35.9 Å². The first-order chi connectivity index (χ1) is 10.2. The summed E-state index contributed by atoms with van der Waals surface area (Å²) in [6, 6.07) is 7.12. The van der Waals surface area contributed by atoms with Gasteiger partial charge in [0.1, 0.15) is 0 Å². The third-order valence-electron chi connectivity index (χ3n) is 3.32. The van der Waals surface area contributed by atoms with Crippen LogP contribution in [0, 0.1) is 0 Å². The second-order valence-electron chi connectivity index (χ2n) is 4.97. The van der Waals surface area contributed by atoms with E-state index in [1.807, 2.05) is 6.07 Å². The Morgan fingerprint density at radius 2 is 1.67 bits per heavy atom. The molecule has 21 heavy (non-hydrogen) atoms. The van der Waals surface area contributed by atoms with E-state index in [2.05, 4.69) is 31.8 Å². The fourth-order valence-corrected chi connectivity index (χ4v) is 2.55. The van der Waals surface area contributed by atoms with E-state index >= 15 is 0 Å². The highest BCUT2D eigenvalue weighted by molar-refractivity contribution is 9.10. The van der Waals surface area contributed by atoms with Crippen molar-refractivity contribution in [1.82, 2.24) is 5.43 Å². The first kappa shape index (κ1) is 15.7. The first-order valence-corrected chi connectivity index (χ1v) is 7.87. The molecule has 0 atom stereocenters. The van der Waals surface area contributed by atoms with Crippen LogP contribution in [-0.4, -0.2) is 17.5 Å². The van der Waals surface area contributed by atoms with E-state index in [4.69, 9.17) is 0 Å². The zero-order chi connectivity index (χ0) is 15.1. The summed E-state index contributed by atoms with van der Waals surface area (Å²) >= 11 is 3.31. The normalized spacial score (nSPS) is 15.0. The minimum absolute atomic E-state index is 0.555. The molecule has 5 nitrogen and oxygen atoms in total. The maximum Gasteiger partial charge on any atom is 0.329 e. The summed E-state index contributed by atoms with van der Waals surface area (Å²) in [6.45, 7) is 0. The molecule has 1 aliphatic carbocycles. The minimum Gasteiger partial charge on any atom is -0.317 e. The number of hydrogen-bond acceptors (Lipinski definition) is 3. The number of benzene rings is 1. The van der Waals surface area contributed by atoms with Gasteiger partial charge in [-0.25, -0.2) is 5.43 Å². The van der Waals surface area contributed by atoms with Crippen LogP contribution in [-0.2, 0) is 9.59 Å². The van der Waals surface area contributed by atoms with Crippen LogP contribution in [0.1, 0.15) is 38.5 Å². The van der Waals surface area contributed by atoms with E-state index in [-0.39, 0.29) is 0 Å². The maximum atomic E-state index is 11.8. The molecule has 0 spiro atoms. The summed E-state index contributed by atoms with van der Waals surface area (Å²) in [5.74, 6) is -1.47. The lowest BCUT2D eigenvalue weighted by molar-refractivity contribution is -0.136. The van der Waals surface area contributed by atoms with E-state index in [1.54, 1.807) is 18.2 Å². The summed E-state index contributed by atoms with van der Waals surface area (Å²) in [4.78, 5) is 23.5. The Hall–Kier alpha value is -1.69. The van der Waals surface area contributed by atoms with Crippen LogP contribution in [0.15, 0.2) is 33.8 Å². The molecule has 1 aliphatic rings. The third-order valence-corrected chi connectivity index (χ3v) is 4.02. The molecule has 6 heteroatoms. The van der Waals surface area contributed by atoms with Gasteiger partial charge < -0.3 is 5.32 Å². The summed E-state index contributed by atoms with van der Waals surface area (Å²) in [7, 11) is 0. The lowest BCUT2D eigenvalue weighted by Crippen LogP contribution is -2.33. The van der Waals surface area contributed by atoms with Crippen molar-refractivity contribution in [3.8, 4) is 0 Å². The number of hydrogen-bond donors (Lipinski definition) is 2. The molecule has 1 aromatic carbocycles. The number of nitrogens with one attached hydrogen (secondary N) is 2. The van der Waals surface area contributed by atoms with Crippen LogP contribution < -0.4 is 10.7 Å². The number of rotatable bonds is 2. The monoisotopic (exact) mass is 351 g/mol. The lowest BCUT2D eigenvalue weighted by atomic mass is 10.2. The second-order valence-corrected chi connectivity index (χ2v) is 5.82. The molecule has 0 aliphatic heterocycles. The van der Waals surface area contributed by atoms with Crippen LogP contribution in [0.5, 0.6) is 0 Å². The molecule has 0 saturated heterocycles. The Morgan fingerprint density at radius 1 is 1.00 bits per heavy atom. The molecule has 0 heterocycles. The third kappa shape index (κ3) is 4.97. The van der Waals surface area contributed by atoms with Crippen LogP contribution in [0.2, 0.25) is 0 Å². The molecule has 1 saturated carbocycles. The smallest absolute Gasteiger partial charge is 0.317 e. The van der Waals surface area contributed by atoms with Gasteiger partial charge >= 0.3 is 11.8 Å². The lowest BCUT2D eigenvalue weighted by Gasteiger charge is -2.06. The fourth-order valence-electron chi connectivity index (χ4n) is 2.17. The summed E-state index contributed by atoms with van der Waals surface area (Å²) in [6.07, 6.45) is 6.39. The van der Waals surface area contributed by atoms with Crippen molar-refractivity contribution in [3.05, 3.63) is 28.7 Å². The molecular formula is C15H18BrN3O2. The number of para-hydroxylation sites is 1. The standard InChI is InChI=1S/C15H18BrN3O2/c16-12-9-5-6-10-13(12)17-14(20)15(21)19-18-11-7-3-1-2-4-8-11/h5-6,9-10H,1-4,7-8H2,(H,17,20)(H,19,21). The highest BCUT2D eigenvalue weighted by Crippen LogP contribution is 2.20. The van der Waals surface area contributed by atoms with Gasteiger partial charge in [0.15, 0.2) is 0 Å². The molecule has 0 aromatic heterocycles. The number of anilines is 1. The molecule has 0 unspecified atom stereocenters. The van der Waals surface area contributed by atoms with E-state index in [9.17, 15) is 9.59 Å². The van der Waals surface area contributed by atoms with Gasteiger partial charge in [-0.15, -0.1) is 0 Å². The molecule has 0 bridgehead atoms. The molecule has 2 N–H and O–H groups in total. The summed E-state index contributed by atoms with van der Waals surface area (Å²) in [5.41, 5.74) is 3.86. The number of carbonyl (C=O) groups is 2. The highest BCUT2D eigenvalue weighted by Gasteiger charge is 2.15. The van der Waals surface area contributed by atoms with E-state index in [1.165, 1.54) is 12.8 Å². The fraction of sp³-hybridized carbons (Fsp3) is 0.400. The number of nitrogens with zero attached hydrogens (tertiary/aromatic N) is 1. The molecular weight excluding hydrogens is 334 g/mol. The van der Waals surface area contributed by atoms with Crippen LogP contribution in [0.4, 0.5) is 5.69 Å². The van der Waals surface area contributed by atoms with Crippen molar-refractivity contribution in [2.24, 2.45) is 5.10 Å². The average molecular weight is 352 g/mol. The van der Waals surface area contributed by atoms with Gasteiger partial charge in [0.05, 0.1) is 5.69 Å². The Balaban J connectivity index is 1.89. The largest absolute Gasteiger partial charge is 0.329 e. The number of amides is 2. The van der Waals surface area contributed by atoms with E-state index in [0.29, 0.717) is 5.69 Å². The zero-order valence-corrected chi connectivity index (χ0v) is 13.3. The van der Waals surface area contributed by atoms with Gasteiger partial charge in [0.2, 0.25) is 0 Å². The average Bonchev–Trinajstić information content (AvgIpc) is 2.75. The second kappa shape index (κ2) is 7.93. The number of carbonyl (C=O) groups excluding carboxylic acids is 2. The quantitative estimate of drug-likeness (QED) is 0.487. The van der Waals surface area contributed by atoms with Crippen LogP contribution >= 0.6 is 15.9 Å². The summed E-state index contributed by atoms with van der Waals surface area (Å²) in [5, 5.41) is 6.62. The van der Waals surface area contributed by atoms with Crippen molar-refractivity contribution in [3.63, 3.8) is 0 Å². The highest BCUT2D eigenvalue weighted by atomic mass is 79.9. The zero-order valence-electron chi connectivity index (χ0n) is 11.7. The van der Waals surface area contributed by atoms with Crippen molar-refractivity contribution in [2.75, 3.05) is 5.32 Å². The van der Waals surface area contributed by atoms with Crippen molar-refractivity contribution in [1.29, 1.82) is 0 Å². The molecule has 0 radical (unpaired) electrons. The Morgan fingerprint density at radius 3 is 2.33 bits per heavy atom. The predicted octanol–water partition coefficient (Wildman–Crippen LogP) is 3.21. The molecule has 112 valence electrons.